The molecular weight excluding hydrogens is 611 g/mol. The Morgan fingerprint density at radius 3 is 2.15 bits per heavy atom. The maximum atomic E-state index is 7.88. The molecule has 1 heterocycles. The maximum absolute atomic E-state index is 7.88. The summed E-state index contributed by atoms with van der Waals surface area (Å²) in [6.45, 7) is 13.8. The molecule has 1 atom stereocenters. The molecule has 0 aromatic heterocycles. The first-order valence-electron chi connectivity index (χ1n) is 14.0. The number of hydrogen-bond donors (Lipinski definition) is 0. The number of aryl methyl sites for hydroxylation is 1. The number of fused-ring (bicyclic) bond motifs is 4. The molecule has 4 aromatic carbocycles. The molecule has 198 valence electrons. The van der Waals surface area contributed by atoms with Crippen LogP contribution in [0.15, 0.2) is 84.4 Å². The van der Waals surface area contributed by atoms with Crippen LogP contribution in [0.5, 0.6) is 0 Å². The first-order valence-corrected chi connectivity index (χ1v) is 24.4. The van der Waals surface area contributed by atoms with Gasteiger partial charge in [0.05, 0.1) is 0 Å². The van der Waals surface area contributed by atoms with Crippen molar-refractivity contribution >= 4 is 46.3 Å². The van der Waals surface area contributed by atoms with Gasteiger partial charge >= 0.3 is 250 Å². The van der Waals surface area contributed by atoms with Crippen LogP contribution in [0.4, 0.5) is 0 Å². The van der Waals surface area contributed by atoms with Crippen molar-refractivity contribution in [3.63, 3.8) is 0 Å². The molecule has 0 amide bonds. The summed E-state index contributed by atoms with van der Waals surface area (Å²) >= 11 is -4.00. The predicted molar refractivity (Wildman–Crippen MR) is 172 cm³/mol. The van der Waals surface area contributed by atoms with Crippen molar-refractivity contribution < 1.29 is 17.9 Å². The molecule has 4 heteroatoms. The van der Waals surface area contributed by atoms with Crippen LogP contribution in [0.25, 0.3) is 28.3 Å². The summed E-state index contributed by atoms with van der Waals surface area (Å²) in [7, 11) is 15.1. The van der Waals surface area contributed by atoms with E-state index in [4.69, 9.17) is 17.0 Å². The number of rotatable bonds is 4. The number of halogens is 2. The second-order valence-electron chi connectivity index (χ2n) is 12.6. The van der Waals surface area contributed by atoms with Crippen molar-refractivity contribution in [2.24, 2.45) is 5.92 Å². The molecular formula is C35H36Cl2SiZr. The first-order chi connectivity index (χ1) is 18.5. The van der Waals surface area contributed by atoms with Gasteiger partial charge in [0, 0.05) is 0 Å². The Morgan fingerprint density at radius 1 is 0.795 bits per heavy atom. The van der Waals surface area contributed by atoms with E-state index in [-0.39, 0.29) is 9.04 Å². The zero-order chi connectivity index (χ0) is 27.7. The Bertz CT molecular complexity index is 1640. The molecule has 6 rings (SSSR count). The molecule has 1 aliphatic carbocycles. The van der Waals surface area contributed by atoms with E-state index < -0.39 is 27.4 Å². The fourth-order valence-electron chi connectivity index (χ4n) is 6.77. The van der Waals surface area contributed by atoms with Gasteiger partial charge in [-0.1, -0.05) is 0 Å². The van der Waals surface area contributed by atoms with Gasteiger partial charge in [0.1, 0.15) is 0 Å². The SMILES string of the molecule is Cc1ccccc1-c1c(C(C)(C)C)ccc2c1C=C(C(C)C)[CH]2[Zr]([Cl])([Cl])[c]1cccc2c1[SiH2]c1ccccc1-2. The summed E-state index contributed by atoms with van der Waals surface area (Å²) in [6, 6.07) is 29.2. The molecule has 0 saturated carbocycles. The molecule has 0 nitrogen and oxygen atoms in total. The third-order valence-corrected chi connectivity index (χ3v) is 23.0. The zero-order valence-electron chi connectivity index (χ0n) is 23.7. The standard InChI is InChI=1S/C23H27.C12H9Si.2ClH.Zr/c1-15(2)18-13-17-11-12-21(23(4,5)6)22(20(17)14-18)19-10-8-7-9-16(19)3;1-3-7-11-9(5-1)10-6-2-4-8-12(10)13-11;;;/h7-15H,1-6H3;1-7H,13H2;2*1H;/q;;;;+2/p-2. The van der Waals surface area contributed by atoms with E-state index in [1.807, 2.05) is 0 Å². The molecule has 0 saturated heterocycles. The second kappa shape index (κ2) is 9.99. The van der Waals surface area contributed by atoms with Crippen molar-refractivity contribution in [1.29, 1.82) is 0 Å². The molecule has 0 fully saturated rings. The second-order valence-corrected chi connectivity index (χ2v) is 28.4. The topological polar surface area (TPSA) is 0 Å². The monoisotopic (exact) mass is 644 g/mol. The van der Waals surface area contributed by atoms with E-state index in [1.165, 1.54) is 63.7 Å². The van der Waals surface area contributed by atoms with Crippen LogP contribution in [0.2, 0.25) is 0 Å². The van der Waals surface area contributed by atoms with Crippen LogP contribution >= 0.6 is 17.0 Å². The van der Waals surface area contributed by atoms with E-state index in [0.717, 1.165) is 0 Å². The van der Waals surface area contributed by atoms with Gasteiger partial charge in [0.15, 0.2) is 0 Å². The van der Waals surface area contributed by atoms with Crippen molar-refractivity contribution in [1.82, 2.24) is 0 Å². The molecule has 4 aromatic rings. The Hall–Kier alpha value is -1.70. The van der Waals surface area contributed by atoms with Gasteiger partial charge in [-0.2, -0.15) is 0 Å². The first kappa shape index (κ1) is 27.5. The van der Waals surface area contributed by atoms with Crippen LogP contribution in [0.3, 0.4) is 0 Å². The molecule has 39 heavy (non-hydrogen) atoms. The molecule has 0 spiro atoms. The third kappa shape index (κ3) is 4.51. The summed E-state index contributed by atoms with van der Waals surface area (Å²) < 4.78 is 1.40. The van der Waals surface area contributed by atoms with Crippen LogP contribution in [-0.2, 0) is 23.3 Å². The summed E-state index contributed by atoms with van der Waals surface area (Å²) in [6.07, 6.45) is 2.47. The minimum atomic E-state index is -4.00. The van der Waals surface area contributed by atoms with Gasteiger partial charge in [-0.05, 0) is 0 Å². The van der Waals surface area contributed by atoms with Crippen molar-refractivity contribution in [3.8, 4) is 22.3 Å². The van der Waals surface area contributed by atoms with Crippen molar-refractivity contribution in [2.45, 2.75) is 50.6 Å². The summed E-state index contributed by atoms with van der Waals surface area (Å²) in [5.74, 6) is 0.366. The van der Waals surface area contributed by atoms with Gasteiger partial charge < -0.3 is 0 Å². The summed E-state index contributed by atoms with van der Waals surface area (Å²) in [4.78, 5) is 0. The average molecular weight is 647 g/mol. The van der Waals surface area contributed by atoms with E-state index in [9.17, 15) is 0 Å². The van der Waals surface area contributed by atoms with Crippen molar-refractivity contribution in [2.75, 3.05) is 0 Å². The third-order valence-electron chi connectivity index (χ3n) is 8.70. The molecule has 0 bridgehead atoms. The van der Waals surface area contributed by atoms with Gasteiger partial charge in [-0.25, -0.2) is 0 Å². The fraction of sp³-hybridized carbons (Fsp3) is 0.257. The zero-order valence-corrected chi connectivity index (χ0v) is 29.1. The molecule has 1 unspecified atom stereocenters. The Kier molecular flexibility index (Phi) is 7.03. The Labute approximate surface area is 247 Å². The molecule has 1 aliphatic heterocycles. The summed E-state index contributed by atoms with van der Waals surface area (Å²) in [5.41, 5.74) is 12.2. The van der Waals surface area contributed by atoms with Crippen molar-refractivity contribution in [3.05, 3.63) is 107 Å². The van der Waals surface area contributed by atoms with E-state index in [2.05, 4.69) is 126 Å². The quantitative estimate of drug-likeness (QED) is 0.174. The van der Waals surface area contributed by atoms with Crippen LogP contribution in [-0.4, -0.2) is 9.52 Å². The van der Waals surface area contributed by atoms with E-state index in [0.29, 0.717) is 5.92 Å². The Balaban J connectivity index is 1.58. The molecule has 2 aliphatic rings. The van der Waals surface area contributed by atoms with Gasteiger partial charge in [-0.3, -0.25) is 0 Å². The minimum absolute atomic E-state index is 0.0104. The fourth-order valence-corrected chi connectivity index (χ4v) is 23.8. The predicted octanol–water partition coefficient (Wildman–Crippen LogP) is 7.94. The molecule has 0 N–H and O–H groups in total. The Morgan fingerprint density at radius 2 is 1.46 bits per heavy atom. The van der Waals surface area contributed by atoms with E-state index >= 15 is 0 Å². The van der Waals surface area contributed by atoms with Crippen LogP contribution < -0.4 is 13.6 Å². The van der Waals surface area contributed by atoms with Gasteiger partial charge in [0.25, 0.3) is 0 Å². The van der Waals surface area contributed by atoms with Crippen LogP contribution in [0, 0.1) is 12.8 Å². The summed E-state index contributed by atoms with van der Waals surface area (Å²) in [5, 5.41) is 3.00. The number of benzene rings is 4. The molecule has 0 radical (unpaired) electrons. The van der Waals surface area contributed by atoms with Crippen LogP contribution in [0.1, 0.15) is 60.5 Å². The average Bonchev–Trinajstić information content (AvgIpc) is 3.47. The van der Waals surface area contributed by atoms with Gasteiger partial charge in [0.2, 0.25) is 0 Å². The van der Waals surface area contributed by atoms with E-state index in [1.54, 1.807) is 0 Å². The normalized spacial score (nSPS) is 16.8. The number of allylic oxidation sites excluding steroid dienone is 1. The van der Waals surface area contributed by atoms with Gasteiger partial charge in [-0.15, -0.1) is 0 Å². The number of hydrogen-bond acceptors (Lipinski definition) is 0.